The Kier molecular flexibility index (Phi) is 5.97. The lowest BCUT2D eigenvalue weighted by molar-refractivity contribution is -0.160. The molecule has 1 atom stereocenters. The first-order chi connectivity index (χ1) is 16.3. The Hall–Kier alpha value is -2.71. The zero-order chi connectivity index (χ0) is 26.9. The van der Waals surface area contributed by atoms with Gasteiger partial charge in [-0.3, -0.25) is 9.48 Å². The van der Waals surface area contributed by atoms with Gasteiger partial charge in [0, 0.05) is 56.3 Å². The van der Waals surface area contributed by atoms with Crippen LogP contribution in [-0.2, 0) is 22.5 Å². The van der Waals surface area contributed by atoms with Crippen LogP contribution < -0.4 is 5.32 Å². The number of nitrogens with zero attached hydrogens (tertiary/aromatic N) is 3. The van der Waals surface area contributed by atoms with Gasteiger partial charge in [-0.1, -0.05) is 6.92 Å². The molecule has 36 heavy (non-hydrogen) atoms. The zero-order valence-corrected chi connectivity index (χ0v) is 19.9. The molecular weight excluding hydrogens is 519 g/mol. The van der Waals surface area contributed by atoms with Crippen LogP contribution in [0.3, 0.4) is 0 Å². The van der Waals surface area contributed by atoms with E-state index in [1.807, 2.05) is 0 Å². The lowest BCUT2D eigenvalue weighted by atomic mass is 9.67. The van der Waals surface area contributed by atoms with Crippen molar-refractivity contribution in [3.8, 4) is 0 Å². The van der Waals surface area contributed by atoms with Crippen molar-refractivity contribution in [3.05, 3.63) is 35.3 Å². The molecule has 0 aromatic carbocycles. The molecule has 0 radical (unpaired) electrons. The number of carbonyl (C=O) groups is 1. The van der Waals surface area contributed by atoms with Crippen molar-refractivity contribution in [3.63, 3.8) is 0 Å². The Morgan fingerprint density at radius 2 is 1.83 bits per heavy atom. The molecule has 2 aliphatic rings. The number of rotatable bonds is 6. The quantitative estimate of drug-likeness (QED) is 0.470. The first kappa shape index (κ1) is 26.4. The summed E-state index contributed by atoms with van der Waals surface area (Å²) in [6.45, 7) is 0.952. The van der Waals surface area contributed by atoms with E-state index in [1.165, 1.54) is 13.0 Å². The van der Waals surface area contributed by atoms with E-state index < -0.39 is 94.2 Å². The molecule has 2 heterocycles. The molecule has 0 saturated heterocycles. The van der Waals surface area contributed by atoms with Crippen molar-refractivity contribution in [2.45, 2.75) is 68.1 Å². The highest BCUT2D eigenvalue weighted by Gasteiger charge is 2.56. The number of carbonyl (C=O) groups excluding carboxylic acids is 1. The van der Waals surface area contributed by atoms with Gasteiger partial charge in [-0.15, -0.1) is 0 Å². The van der Waals surface area contributed by atoms with Crippen LogP contribution in [-0.4, -0.2) is 43.0 Å². The number of halogens is 7. The topological polar surface area (TPSA) is 101 Å². The van der Waals surface area contributed by atoms with Gasteiger partial charge in [-0.05, 0) is 17.5 Å². The summed E-state index contributed by atoms with van der Waals surface area (Å²) in [5.41, 5.74) is -4.51. The molecule has 0 aliphatic heterocycles. The maximum atomic E-state index is 14.2. The molecule has 2 fully saturated rings. The average molecular weight is 541 g/mol. The summed E-state index contributed by atoms with van der Waals surface area (Å²) in [5, 5.41) is 5.86. The number of alkyl halides is 7. The van der Waals surface area contributed by atoms with E-state index in [2.05, 4.69) is 15.4 Å². The highest BCUT2D eigenvalue weighted by molar-refractivity contribution is 7.91. The van der Waals surface area contributed by atoms with Gasteiger partial charge in [0.25, 0.3) is 5.91 Å². The fourth-order valence-corrected chi connectivity index (χ4v) is 5.42. The minimum atomic E-state index is -5.15. The number of amides is 1. The molecule has 2 aliphatic carbocycles. The summed E-state index contributed by atoms with van der Waals surface area (Å²) in [7, 11) is -3.31. The molecule has 198 valence electrons. The van der Waals surface area contributed by atoms with Gasteiger partial charge in [-0.25, -0.2) is 31.5 Å². The van der Waals surface area contributed by atoms with Gasteiger partial charge in [0.05, 0.1) is 15.4 Å². The van der Waals surface area contributed by atoms with E-state index in [0.29, 0.717) is 4.68 Å². The lowest BCUT2D eigenvalue weighted by Crippen LogP contribution is -2.47. The van der Waals surface area contributed by atoms with Crippen LogP contribution in [0.25, 0.3) is 0 Å². The van der Waals surface area contributed by atoms with Crippen molar-refractivity contribution in [1.82, 2.24) is 14.8 Å². The maximum Gasteiger partial charge on any atom is 0.420 e. The van der Waals surface area contributed by atoms with Crippen LogP contribution >= 0.6 is 0 Å². The molecule has 2 N–H and O–H groups in total. The number of hydrogen-bond donors (Lipinski definition) is 2. The molecule has 15 heteroatoms. The van der Waals surface area contributed by atoms with Gasteiger partial charge in [0.2, 0.25) is 11.8 Å². The Morgan fingerprint density at radius 3 is 2.33 bits per heavy atom. The van der Waals surface area contributed by atoms with Gasteiger partial charge in [-0.2, -0.15) is 18.3 Å². The largest absolute Gasteiger partial charge is 0.420 e. The second-order valence-corrected chi connectivity index (χ2v) is 12.0. The fourth-order valence-electron chi connectivity index (χ4n) is 4.81. The van der Waals surface area contributed by atoms with E-state index in [9.17, 15) is 39.7 Å². The molecule has 4 rings (SSSR count). The van der Waals surface area contributed by atoms with Crippen molar-refractivity contribution in [1.29, 1.82) is 4.78 Å². The minimum absolute atomic E-state index is 0.120. The summed E-state index contributed by atoms with van der Waals surface area (Å²) in [6.07, 6.45) is -6.03. The zero-order valence-electron chi connectivity index (χ0n) is 19.1. The standard InChI is InChI=1S/C21H22F7N5O2S/c1-18(8-20(24,25)9-18)10-33-16(17(34)31-12-3-4-30-13(5-12)36(2,29)35)14(21(26,27)28)15(32-33)11-6-19(22,23)7-11/h3-5,11,29H,6-10H2,1-2H3,(H,30,31,34)/t36-/m1/s1. The maximum absolute atomic E-state index is 14.2. The lowest BCUT2D eigenvalue weighted by Gasteiger charge is -2.44. The van der Waals surface area contributed by atoms with E-state index in [0.717, 1.165) is 18.5 Å². The second kappa shape index (κ2) is 8.15. The van der Waals surface area contributed by atoms with Crippen LogP contribution in [0.15, 0.2) is 23.4 Å². The molecule has 2 aromatic heterocycles. The molecule has 2 aromatic rings. The average Bonchev–Trinajstić information content (AvgIpc) is 3.02. The number of pyridine rings is 1. The highest BCUT2D eigenvalue weighted by Crippen LogP contribution is 2.54. The minimum Gasteiger partial charge on any atom is -0.320 e. The Bertz CT molecular complexity index is 1300. The van der Waals surface area contributed by atoms with Gasteiger partial charge in [0.1, 0.15) is 16.3 Å². The number of anilines is 1. The molecular formula is C21H22F7N5O2S. The molecule has 2 saturated carbocycles. The summed E-state index contributed by atoms with van der Waals surface area (Å²) >= 11 is 0. The monoisotopic (exact) mass is 541 g/mol. The molecule has 1 amide bonds. The van der Waals surface area contributed by atoms with Crippen LogP contribution in [0.2, 0.25) is 0 Å². The predicted octanol–water partition coefficient (Wildman–Crippen LogP) is 5.53. The van der Waals surface area contributed by atoms with Gasteiger partial charge in [0.15, 0.2) is 0 Å². The van der Waals surface area contributed by atoms with E-state index in [4.69, 9.17) is 4.78 Å². The van der Waals surface area contributed by atoms with Gasteiger partial charge >= 0.3 is 6.18 Å². The summed E-state index contributed by atoms with van der Waals surface area (Å²) in [6, 6.07) is 2.25. The Labute approximate surface area is 201 Å². The van der Waals surface area contributed by atoms with Crippen molar-refractivity contribution in [2.75, 3.05) is 11.6 Å². The summed E-state index contributed by atoms with van der Waals surface area (Å²) in [5.74, 6) is -8.75. The van der Waals surface area contributed by atoms with Crippen LogP contribution in [0.4, 0.5) is 36.4 Å². The Balaban J connectivity index is 1.77. The van der Waals surface area contributed by atoms with E-state index >= 15 is 0 Å². The summed E-state index contributed by atoms with van der Waals surface area (Å²) in [4.78, 5) is 16.9. The number of aromatic nitrogens is 3. The van der Waals surface area contributed by atoms with E-state index in [-0.39, 0.29) is 10.7 Å². The smallest absolute Gasteiger partial charge is 0.320 e. The number of nitrogens with one attached hydrogen (secondary N) is 2. The van der Waals surface area contributed by atoms with Crippen LogP contribution in [0.1, 0.15) is 60.3 Å². The van der Waals surface area contributed by atoms with Crippen molar-refractivity contribution >= 4 is 21.3 Å². The third-order valence-electron chi connectivity index (χ3n) is 6.25. The first-order valence-electron chi connectivity index (χ1n) is 10.7. The predicted molar refractivity (Wildman–Crippen MR) is 114 cm³/mol. The SMILES string of the molecule is CC1(Cn2nc(C3CC(F)(F)C3)c(C(F)(F)F)c2C(=O)Nc2ccnc([S@](C)(=N)=O)c2)CC(F)(F)C1. The molecule has 0 spiro atoms. The van der Waals surface area contributed by atoms with Crippen LogP contribution in [0.5, 0.6) is 0 Å². The summed E-state index contributed by atoms with van der Waals surface area (Å²) < 4.78 is 117. The Morgan fingerprint density at radius 1 is 1.22 bits per heavy atom. The fraction of sp³-hybridized carbons (Fsp3) is 0.571. The first-order valence-corrected chi connectivity index (χ1v) is 12.7. The van der Waals surface area contributed by atoms with E-state index in [1.54, 1.807) is 0 Å². The molecule has 0 bridgehead atoms. The second-order valence-electron chi connectivity index (χ2n) is 9.93. The van der Waals surface area contributed by atoms with Crippen LogP contribution in [0, 0.1) is 10.2 Å². The molecule has 7 nitrogen and oxygen atoms in total. The normalized spacial score (nSPS) is 22.2. The van der Waals surface area contributed by atoms with Gasteiger partial charge < -0.3 is 5.32 Å². The molecule has 0 unspecified atom stereocenters. The highest BCUT2D eigenvalue weighted by atomic mass is 32.2. The van der Waals surface area contributed by atoms with Crippen molar-refractivity contribution in [2.24, 2.45) is 5.41 Å². The third kappa shape index (κ3) is 5.20. The van der Waals surface area contributed by atoms with Crippen molar-refractivity contribution < 1.29 is 39.7 Å². The number of hydrogen-bond acceptors (Lipinski definition) is 5. The third-order valence-corrected chi connectivity index (χ3v) is 7.27.